The van der Waals surface area contributed by atoms with Gasteiger partial charge >= 0.3 is 5.97 Å². The molecular weight excluding hydrogens is 296 g/mol. The summed E-state index contributed by atoms with van der Waals surface area (Å²) in [5.41, 5.74) is 1.36. The Bertz CT molecular complexity index is 627. The van der Waals surface area contributed by atoms with Crippen LogP contribution in [0.1, 0.15) is 36.2 Å². The minimum atomic E-state index is -1.01. The normalized spacial score (nSPS) is 19.0. The first-order chi connectivity index (χ1) is 10.8. The highest BCUT2D eigenvalue weighted by atomic mass is 16.4. The molecule has 6 nitrogen and oxygen atoms in total. The molecule has 2 unspecified atom stereocenters. The van der Waals surface area contributed by atoms with Gasteiger partial charge in [-0.2, -0.15) is 0 Å². The zero-order valence-electron chi connectivity index (χ0n) is 13.6. The van der Waals surface area contributed by atoms with Crippen LogP contribution in [0.25, 0.3) is 0 Å². The highest BCUT2D eigenvalue weighted by molar-refractivity contribution is 5.99. The third-order valence-corrected chi connectivity index (χ3v) is 4.16. The Kier molecular flexibility index (Phi) is 5.03. The maximum Gasteiger partial charge on any atom is 0.326 e. The third-order valence-electron chi connectivity index (χ3n) is 4.16. The van der Waals surface area contributed by atoms with Crippen LogP contribution in [0.5, 0.6) is 0 Å². The van der Waals surface area contributed by atoms with E-state index < -0.39 is 18.1 Å². The lowest BCUT2D eigenvalue weighted by atomic mass is 10.0. The van der Waals surface area contributed by atoms with E-state index in [4.69, 9.17) is 0 Å². The Morgan fingerprint density at radius 3 is 2.52 bits per heavy atom. The third kappa shape index (κ3) is 3.52. The van der Waals surface area contributed by atoms with Crippen LogP contribution in [-0.4, -0.2) is 46.4 Å². The van der Waals surface area contributed by atoms with Gasteiger partial charge in [-0.1, -0.05) is 32.0 Å². The van der Waals surface area contributed by atoms with E-state index in [1.165, 1.54) is 4.90 Å². The molecule has 0 aromatic heterocycles. The number of carboxylic acid groups (broad SMARTS) is 1. The summed E-state index contributed by atoms with van der Waals surface area (Å²) in [6, 6.07) is 5.62. The first-order valence-corrected chi connectivity index (χ1v) is 7.72. The highest BCUT2D eigenvalue weighted by Gasteiger charge is 2.40. The lowest BCUT2D eigenvalue weighted by molar-refractivity contribution is -0.150. The Balaban J connectivity index is 2.09. The monoisotopic (exact) mass is 318 g/mol. The molecule has 6 heteroatoms. The number of amides is 2. The molecule has 1 aromatic carbocycles. The second-order valence-corrected chi connectivity index (χ2v) is 6.19. The molecule has 2 atom stereocenters. The smallest absolute Gasteiger partial charge is 0.326 e. The average Bonchev–Trinajstić information content (AvgIpc) is 2.80. The van der Waals surface area contributed by atoms with Crippen LogP contribution in [0.3, 0.4) is 0 Å². The van der Waals surface area contributed by atoms with Crippen LogP contribution < -0.4 is 5.32 Å². The van der Waals surface area contributed by atoms with Crippen LogP contribution in [-0.2, 0) is 9.59 Å². The van der Waals surface area contributed by atoms with E-state index >= 15 is 0 Å². The molecule has 1 fully saturated rings. The Hall–Kier alpha value is -2.37. The van der Waals surface area contributed by atoms with Gasteiger partial charge in [0.15, 0.2) is 0 Å². The number of carboxylic acids is 1. The van der Waals surface area contributed by atoms with Gasteiger partial charge in [0.25, 0.3) is 5.91 Å². The molecule has 1 aromatic rings. The largest absolute Gasteiger partial charge is 0.480 e. The van der Waals surface area contributed by atoms with Crippen LogP contribution in [0, 0.1) is 12.8 Å². The molecule has 0 radical (unpaired) electrons. The molecule has 2 amide bonds. The van der Waals surface area contributed by atoms with Crippen molar-refractivity contribution >= 4 is 17.8 Å². The van der Waals surface area contributed by atoms with Gasteiger partial charge in [0, 0.05) is 12.1 Å². The van der Waals surface area contributed by atoms with Gasteiger partial charge in [0.2, 0.25) is 5.91 Å². The van der Waals surface area contributed by atoms with Crippen molar-refractivity contribution in [1.82, 2.24) is 10.2 Å². The van der Waals surface area contributed by atoms with E-state index in [0.717, 1.165) is 5.56 Å². The van der Waals surface area contributed by atoms with E-state index in [9.17, 15) is 19.5 Å². The highest BCUT2D eigenvalue weighted by Crippen LogP contribution is 2.20. The number of rotatable bonds is 5. The SMILES string of the molecule is Cc1ccccc1C(=O)NC1CCN(C(C(=O)O)C(C)C)C1=O. The van der Waals surface area contributed by atoms with E-state index in [0.29, 0.717) is 18.5 Å². The number of hydrogen-bond acceptors (Lipinski definition) is 3. The lowest BCUT2D eigenvalue weighted by Crippen LogP contribution is -2.49. The summed E-state index contributed by atoms with van der Waals surface area (Å²) >= 11 is 0. The predicted molar refractivity (Wildman–Crippen MR) is 85.0 cm³/mol. The number of carbonyl (C=O) groups excluding carboxylic acids is 2. The number of nitrogens with one attached hydrogen (secondary N) is 1. The summed E-state index contributed by atoms with van der Waals surface area (Å²) in [6.07, 6.45) is 0.424. The summed E-state index contributed by atoms with van der Waals surface area (Å²) in [5.74, 6) is -1.84. The molecule has 2 rings (SSSR count). The minimum absolute atomic E-state index is 0.192. The summed E-state index contributed by atoms with van der Waals surface area (Å²) in [7, 11) is 0. The van der Waals surface area contributed by atoms with Gasteiger partial charge in [0.05, 0.1) is 0 Å². The van der Waals surface area contributed by atoms with Gasteiger partial charge in [0.1, 0.15) is 12.1 Å². The van der Waals surface area contributed by atoms with Crippen molar-refractivity contribution < 1.29 is 19.5 Å². The standard InChI is InChI=1S/C17H22N2O4/c1-10(2)14(17(22)23)19-9-8-13(16(19)21)18-15(20)12-7-5-4-6-11(12)3/h4-7,10,13-14H,8-9H2,1-3H3,(H,18,20)(H,22,23). The van der Waals surface area contributed by atoms with E-state index in [-0.39, 0.29) is 17.7 Å². The molecule has 124 valence electrons. The lowest BCUT2D eigenvalue weighted by Gasteiger charge is -2.27. The van der Waals surface area contributed by atoms with Gasteiger partial charge < -0.3 is 15.3 Å². The number of nitrogens with zero attached hydrogens (tertiary/aromatic N) is 1. The zero-order valence-corrected chi connectivity index (χ0v) is 13.6. The molecule has 1 aliphatic heterocycles. The minimum Gasteiger partial charge on any atom is -0.480 e. The first kappa shape index (κ1) is 17.0. The topological polar surface area (TPSA) is 86.7 Å². The second-order valence-electron chi connectivity index (χ2n) is 6.19. The van der Waals surface area contributed by atoms with E-state index in [1.807, 2.05) is 19.1 Å². The molecule has 23 heavy (non-hydrogen) atoms. The molecule has 2 N–H and O–H groups in total. The molecule has 0 aliphatic carbocycles. The maximum atomic E-state index is 12.5. The van der Waals surface area contributed by atoms with Crippen molar-refractivity contribution in [2.75, 3.05) is 6.54 Å². The van der Waals surface area contributed by atoms with Crippen molar-refractivity contribution in [3.05, 3.63) is 35.4 Å². The molecule has 0 saturated carbocycles. The Morgan fingerprint density at radius 2 is 1.96 bits per heavy atom. The van der Waals surface area contributed by atoms with E-state index in [2.05, 4.69) is 5.32 Å². The molecular formula is C17H22N2O4. The Morgan fingerprint density at radius 1 is 1.30 bits per heavy atom. The fourth-order valence-corrected chi connectivity index (χ4v) is 2.95. The van der Waals surface area contributed by atoms with Crippen molar-refractivity contribution in [3.63, 3.8) is 0 Å². The number of hydrogen-bond donors (Lipinski definition) is 2. The molecule has 0 bridgehead atoms. The number of benzene rings is 1. The number of carbonyl (C=O) groups is 3. The molecule has 0 spiro atoms. The summed E-state index contributed by atoms with van der Waals surface area (Å²) < 4.78 is 0. The number of aliphatic carboxylic acids is 1. The van der Waals surface area contributed by atoms with Gasteiger partial charge in [-0.15, -0.1) is 0 Å². The average molecular weight is 318 g/mol. The molecule has 1 heterocycles. The predicted octanol–water partition coefficient (Wildman–Crippen LogP) is 1.43. The van der Waals surface area contributed by atoms with Crippen molar-refractivity contribution in [3.8, 4) is 0 Å². The van der Waals surface area contributed by atoms with Gasteiger partial charge in [-0.3, -0.25) is 9.59 Å². The number of likely N-dealkylation sites (tertiary alicyclic amines) is 1. The first-order valence-electron chi connectivity index (χ1n) is 7.72. The van der Waals surface area contributed by atoms with Crippen LogP contribution in [0.2, 0.25) is 0 Å². The maximum absolute atomic E-state index is 12.5. The van der Waals surface area contributed by atoms with Gasteiger partial charge in [-0.25, -0.2) is 4.79 Å². The van der Waals surface area contributed by atoms with Crippen LogP contribution >= 0.6 is 0 Å². The summed E-state index contributed by atoms with van der Waals surface area (Å²) in [4.78, 5) is 37.5. The summed E-state index contributed by atoms with van der Waals surface area (Å²) in [6.45, 7) is 5.71. The van der Waals surface area contributed by atoms with Crippen LogP contribution in [0.4, 0.5) is 0 Å². The molecule has 1 aliphatic rings. The van der Waals surface area contributed by atoms with Crippen LogP contribution in [0.15, 0.2) is 24.3 Å². The second kappa shape index (κ2) is 6.81. The summed E-state index contributed by atoms with van der Waals surface area (Å²) in [5, 5.41) is 12.0. The Labute approximate surface area is 135 Å². The quantitative estimate of drug-likeness (QED) is 0.860. The zero-order chi connectivity index (χ0) is 17.1. The van der Waals surface area contributed by atoms with Crippen molar-refractivity contribution in [2.45, 2.75) is 39.3 Å². The van der Waals surface area contributed by atoms with E-state index in [1.54, 1.807) is 26.0 Å². The van der Waals surface area contributed by atoms with Crippen molar-refractivity contribution in [2.24, 2.45) is 5.92 Å². The molecule has 1 saturated heterocycles. The van der Waals surface area contributed by atoms with Crippen molar-refractivity contribution in [1.29, 1.82) is 0 Å². The fourth-order valence-electron chi connectivity index (χ4n) is 2.95. The number of aryl methyl sites for hydroxylation is 1. The fraction of sp³-hybridized carbons (Fsp3) is 0.471. The van der Waals surface area contributed by atoms with Gasteiger partial charge in [-0.05, 0) is 30.9 Å².